The minimum absolute atomic E-state index is 0.0623. The van der Waals surface area contributed by atoms with E-state index in [0.717, 1.165) is 28.6 Å². The Bertz CT molecular complexity index is 1070. The van der Waals surface area contributed by atoms with E-state index in [0.29, 0.717) is 29.0 Å². The van der Waals surface area contributed by atoms with Gasteiger partial charge in [-0.05, 0) is 55.7 Å². The summed E-state index contributed by atoms with van der Waals surface area (Å²) in [5.41, 5.74) is 3.97. The molecule has 0 unspecified atom stereocenters. The van der Waals surface area contributed by atoms with Gasteiger partial charge in [-0.25, -0.2) is 4.39 Å². The van der Waals surface area contributed by atoms with E-state index >= 15 is 0 Å². The molecule has 0 spiro atoms. The third-order valence-corrected chi connectivity index (χ3v) is 5.78. The first-order valence-corrected chi connectivity index (χ1v) is 10.3. The number of ketones is 1. The quantitative estimate of drug-likeness (QED) is 0.670. The van der Waals surface area contributed by atoms with Gasteiger partial charge in [-0.2, -0.15) is 0 Å². The lowest BCUT2D eigenvalue weighted by Gasteiger charge is -2.34. The summed E-state index contributed by atoms with van der Waals surface area (Å²) >= 11 is 3.49. The molecule has 1 heterocycles. The van der Waals surface area contributed by atoms with Gasteiger partial charge in [0.1, 0.15) is 5.82 Å². The highest BCUT2D eigenvalue weighted by molar-refractivity contribution is 9.10. The number of nitrogens with one attached hydrogen (secondary N) is 2. The normalized spacial score (nSPS) is 19.0. The number of Topliss-reactive ketones (excluding diaryl/α,β-unsaturated/α-hetero) is 1. The van der Waals surface area contributed by atoms with Crippen LogP contribution in [0.3, 0.4) is 0 Å². The molecule has 4 nitrogen and oxygen atoms in total. The topological polar surface area (TPSA) is 58.2 Å². The fourth-order valence-corrected chi connectivity index (χ4v) is 4.49. The molecule has 0 saturated heterocycles. The molecule has 0 bridgehead atoms. The molecule has 1 atom stereocenters. The Balaban J connectivity index is 1.79. The Morgan fingerprint density at radius 2 is 1.97 bits per heavy atom. The Kier molecular flexibility index (Phi) is 5.37. The van der Waals surface area contributed by atoms with Gasteiger partial charge < -0.3 is 10.6 Å². The number of allylic oxidation sites excluding steroid dienone is 3. The van der Waals surface area contributed by atoms with Gasteiger partial charge in [-0.15, -0.1) is 0 Å². The van der Waals surface area contributed by atoms with Crippen molar-refractivity contribution in [2.24, 2.45) is 0 Å². The van der Waals surface area contributed by atoms with Crippen molar-refractivity contribution in [1.82, 2.24) is 5.32 Å². The van der Waals surface area contributed by atoms with Crippen LogP contribution in [0.2, 0.25) is 0 Å². The van der Waals surface area contributed by atoms with Crippen LogP contribution in [0.5, 0.6) is 0 Å². The zero-order valence-electron chi connectivity index (χ0n) is 15.9. The van der Waals surface area contributed by atoms with Crippen LogP contribution in [-0.2, 0) is 9.59 Å². The maximum atomic E-state index is 13.6. The van der Waals surface area contributed by atoms with Crippen molar-refractivity contribution in [3.63, 3.8) is 0 Å². The van der Waals surface area contributed by atoms with E-state index in [-0.39, 0.29) is 11.7 Å². The number of benzene rings is 2. The van der Waals surface area contributed by atoms with Crippen LogP contribution >= 0.6 is 15.9 Å². The average molecular weight is 455 g/mol. The zero-order valence-corrected chi connectivity index (χ0v) is 17.5. The SMILES string of the molecule is CC1=C(C(=O)Nc2cccc(F)c2)[C@@H](c2cccc(Br)c2)C2=C(CCCC2=O)N1. The molecule has 2 aromatic carbocycles. The molecule has 2 aliphatic rings. The predicted molar refractivity (Wildman–Crippen MR) is 114 cm³/mol. The number of halogens is 2. The van der Waals surface area contributed by atoms with E-state index in [4.69, 9.17) is 0 Å². The highest BCUT2D eigenvalue weighted by Gasteiger charge is 2.38. The number of hydrogen-bond acceptors (Lipinski definition) is 3. The van der Waals surface area contributed by atoms with Gasteiger partial charge in [0.05, 0.1) is 0 Å². The van der Waals surface area contributed by atoms with Crippen LogP contribution in [-0.4, -0.2) is 11.7 Å². The van der Waals surface area contributed by atoms with Crippen LogP contribution in [0.4, 0.5) is 10.1 Å². The average Bonchev–Trinajstić information content (AvgIpc) is 2.67. The Labute approximate surface area is 177 Å². The number of carbonyl (C=O) groups is 2. The summed E-state index contributed by atoms with van der Waals surface area (Å²) in [5.74, 6) is -1.18. The Hall–Kier alpha value is -2.73. The van der Waals surface area contributed by atoms with Crippen LogP contribution in [0, 0.1) is 5.82 Å². The molecule has 0 aromatic heterocycles. The first-order chi connectivity index (χ1) is 13.9. The molecule has 4 rings (SSSR count). The van der Waals surface area contributed by atoms with Crippen molar-refractivity contribution >= 4 is 33.3 Å². The standard InChI is InChI=1S/C23H20BrFN2O2/c1-13-20(23(29)27-17-8-3-7-16(25)12-17)21(14-5-2-6-15(24)11-14)22-18(26-13)9-4-10-19(22)28/h2-3,5-8,11-12,21,26H,4,9-10H2,1H3,(H,27,29)/t21-/m1/s1. The third-order valence-electron chi connectivity index (χ3n) is 5.29. The largest absolute Gasteiger partial charge is 0.362 e. The highest BCUT2D eigenvalue weighted by Crippen LogP contribution is 2.42. The summed E-state index contributed by atoms with van der Waals surface area (Å²) in [6, 6.07) is 13.4. The smallest absolute Gasteiger partial charge is 0.254 e. The number of amides is 1. The monoisotopic (exact) mass is 454 g/mol. The molecule has 148 valence electrons. The zero-order chi connectivity index (χ0) is 20.5. The summed E-state index contributed by atoms with van der Waals surface area (Å²) < 4.78 is 14.4. The van der Waals surface area contributed by atoms with E-state index in [9.17, 15) is 14.0 Å². The van der Waals surface area contributed by atoms with Crippen molar-refractivity contribution in [2.45, 2.75) is 32.1 Å². The second-order valence-electron chi connectivity index (χ2n) is 7.29. The highest BCUT2D eigenvalue weighted by atomic mass is 79.9. The lowest BCUT2D eigenvalue weighted by molar-refractivity contribution is -0.116. The predicted octanol–water partition coefficient (Wildman–Crippen LogP) is 5.19. The summed E-state index contributed by atoms with van der Waals surface area (Å²) in [4.78, 5) is 26.1. The number of dihydropyridines is 1. The molecular formula is C23H20BrFN2O2. The summed E-state index contributed by atoms with van der Waals surface area (Å²) in [6.07, 6.45) is 2.05. The lowest BCUT2D eigenvalue weighted by Crippen LogP contribution is -2.35. The summed E-state index contributed by atoms with van der Waals surface area (Å²) in [7, 11) is 0. The van der Waals surface area contributed by atoms with E-state index in [1.54, 1.807) is 12.1 Å². The van der Waals surface area contributed by atoms with Crippen molar-refractivity contribution in [3.8, 4) is 0 Å². The van der Waals surface area contributed by atoms with E-state index in [1.165, 1.54) is 12.1 Å². The van der Waals surface area contributed by atoms with E-state index in [1.807, 2.05) is 31.2 Å². The third kappa shape index (κ3) is 3.90. The molecule has 0 saturated carbocycles. The second kappa shape index (κ2) is 7.95. The lowest BCUT2D eigenvalue weighted by atomic mass is 9.75. The molecule has 1 aliphatic heterocycles. The van der Waals surface area contributed by atoms with Crippen molar-refractivity contribution in [3.05, 3.63) is 86.9 Å². The van der Waals surface area contributed by atoms with Crippen LogP contribution in [0.25, 0.3) is 0 Å². The maximum Gasteiger partial charge on any atom is 0.254 e. The molecule has 0 fully saturated rings. The van der Waals surface area contributed by atoms with Gasteiger partial charge in [-0.3, -0.25) is 9.59 Å². The fourth-order valence-electron chi connectivity index (χ4n) is 4.07. The molecule has 2 aromatic rings. The molecule has 1 amide bonds. The van der Waals surface area contributed by atoms with Gasteiger partial charge in [0, 0.05) is 45.0 Å². The van der Waals surface area contributed by atoms with E-state index in [2.05, 4.69) is 26.6 Å². The van der Waals surface area contributed by atoms with Crippen molar-refractivity contribution < 1.29 is 14.0 Å². The first-order valence-electron chi connectivity index (χ1n) is 9.50. The number of hydrogen-bond donors (Lipinski definition) is 2. The van der Waals surface area contributed by atoms with Gasteiger partial charge in [0.15, 0.2) is 5.78 Å². The van der Waals surface area contributed by atoms with Gasteiger partial charge in [-0.1, -0.05) is 34.1 Å². The minimum Gasteiger partial charge on any atom is -0.362 e. The number of carbonyl (C=O) groups excluding carboxylic acids is 2. The molecule has 6 heteroatoms. The van der Waals surface area contributed by atoms with Crippen molar-refractivity contribution in [1.29, 1.82) is 0 Å². The summed E-state index contributed by atoms with van der Waals surface area (Å²) in [5, 5.41) is 6.07. The molecule has 29 heavy (non-hydrogen) atoms. The van der Waals surface area contributed by atoms with Crippen LogP contribution in [0.1, 0.15) is 37.7 Å². The van der Waals surface area contributed by atoms with E-state index < -0.39 is 11.7 Å². The van der Waals surface area contributed by atoms with Crippen LogP contribution in [0.15, 0.2) is 75.5 Å². The van der Waals surface area contributed by atoms with Gasteiger partial charge in [0.25, 0.3) is 5.91 Å². The first kappa shape index (κ1) is 19.6. The maximum absolute atomic E-state index is 13.6. The number of anilines is 1. The minimum atomic E-state index is -0.467. The fraction of sp³-hybridized carbons (Fsp3) is 0.217. The Morgan fingerprint density at radius 3 is 2.72 bits per heavy atom. The van der Waals surface area contributed by atoms with Gasteiger partial charge in [0.2, 0.25) is 0 Å². The molecular weight excluding hydrogens is 435 g/mol. The molecule has 1 aliphatic carbocycles. The summed E-state index contributed by atoms with van der Waals surface area (Å²) in [6.45, 7) is 1.84. The van der Waals surface area contributed by atoms with Crippen LogP contribution < -0.4 is 10.6 Å². The molecule has 2 N–H and O–H groups in total. The van der Waals surface area contributed by atoms with Gasteiger partial charge >= 0.3 is 0 Å². The van der Waals surface area contributed by atoms with Crippen molar-refractivity contribution in [2.75, 3.05) is 5.32 Å². The number of rotatable bonds is 3. The second-order valence-corrected chi connectivity index (χ2v) is 8.20. The molecule has 0 radical (unpaired) electrons. The Morgan fingerprint density at radius 1 is 1.17 bits per heavy atom.